The van der Waals surface area contributed by atoms with Crippen LogP contribution in [0, 0.1) is 0 Å². The van der Waals surface area contributed by atoms with E-state index in [1.165, 1.54) is 109 Å². The Morgan fingerprint density at radius 2 is 0.873 bits per heavy atom. The van der Waals surface area contributed by atoms with Gasteiger partial charge in [-0.3, -0.25) is 0 Å². The maximum absolute atomic E-state index is 2.50. The molecule has 1 aliphatic carbocycles. The van der Waals surface area contributed by atoms with Crippen LogP contribution in [0.4, 0.5) is 0 Å². The first-order valence-electron chi connectivity index (χ1n) is 19.3. The van der Waals surface area contributed by atoms with Gasteiger partial charge in [0.15, 0.2) is 0 Å². The van der Waals surface area contributed by atoms with E-state index in [-0.39, 0.29) is 0 Å². The Morgan fingerprint density at radius 1 is 0.291 bits per heavy atom. The van der Waals surface area contributed by atoms with Crippen molar-refractivity contribution in [2.24, 2.45) is 0 Å². The van der Waals surface area contributed by atoms with Crippen LogP contribution in [0.1, 0.15) is 22.3 Å². The molecule has 11 aromatic rings. The molecule has 0 radical (unpaired) electrons. The summed E-state index contributed by atoms with van der Waals surface area (Å²) < 4.78 is 0. The number of fused-ring (bicyclic) bond motifs is 6. The summed E-state index contributed by atoms with van der Waals surface area (Å²) in [6.45, 7) is 0. The highest BCUT2D eigenvalue weighted by atomic mass is 14.5. The quantitative estimate of drug-likeness (QED) is 0.161. The largest absolute Gasteiger partial charge is 0.0719 e. The highest BCUT2D eigenvalue weighted by Gasteiger charge is 2.48. The molecule has 0 nitrogen and oxygen atoms in total. The molecule has 55 heavy (non-hydrogen) atoms. The third-order valence-corrected chi connectivity index (χ3v) is 12.5. The van der Waals surface area contributed by atoms with E-state index in [2.05, 4.69) is 206 Å². The van der Waals surface area contributed by atoms with Crippen LogP contribution in [0.3, 0.4) is 0 Å². The van der Waals surface area contributed by atoms with Crippen LogP contribution in [0.25, 0.3) is 87.2 Å². The van der Waals surface area contributed by atoms with Gasteiger partial charge in [0.2, 0.25) is 0 Å². The average Bonchev–Trinajstić information content (AvgIpc) is 3.58. The molecule has 0 saturated carbocycles. The molecular formula is C55H34. The average molecular weight is 695 g/mol. The lowest BCUT2D eigenvalue weighted by Gasteiger charge is -2.35. The van der Waals surface area contributed by atoms with Crippen LogP contribution in [0.5, 0.6) is 0 Å². The van der Waals surface area contributed by atoms with Crippen molar-refractivity contribution >= 4 is 53.9 Å². The minimum Gasteiger partial charge on any atom is -0.0622 e. The molecule has 0 unspecified atom stereocenters. The Morgan fingerprint density at radius 3 is 1.67 bits per heavy atom. The monoisotopic (exact) mass is 694 g/mol. The minimum atomic E-state index is -0.547. The van der Waals surface area contributed by atoms with Crippen molar-refractivity contribution in [2.75, 3.05) is 0 Å². The smallest absolute Gasteiger partial charge is 0.0622 e. The van der Waals surface area contributed by atoms with Crippen LogP contribution in [0.15, 0.2) is 206 Å². The zero-order chi connectivity index (χ0) is 36.1. The molecule has 0 heterocycles. The highest BCUT2D eigenvalue weighted by Crippen LogP contribution is 2.61. The van der Waals surface area contributed by atoms with Crippen LogP contribution in [-0.4, -0.2) is 0 Å². The Hall–Kier alpha value is -7.02. The number of hydrogen-bond donors (Lipinski definition) is 0. The molecule has 0 amide bonds. The van der Waals surface area contributed by atoms with E-state index < -0.39 is 5.41 Å². The van der Waals surface area contributed by atoms with Crippen LogP contribution in [-0.2, 0) is 5.41 Å². The van der Waals surface area contributed by atoms with E-state index in [1.54, 1.807) is 0 Å². The molecule has 12 rings (SSSR count). The number of hydrogen-bond acceptors (Lipinski definition) is 0. The topological polar surface area (TPSA) is 0 Å². The van der Waals surface area contributed by atoms with E-state index in [4.69, 9.17) is 0 Å². The van der Waals surface area contributed by atoms with Gasteiger partial charge in [-0.1, -0.05) is 194 Å². The van der Waals surface area contributed by atoms with Gasteiger partial charge in [0.25, 0.3) is 0 Å². The first-order chi connectivity index (χ1) is 27.3. The van der Waals surface area contributed by atoms with E-state index in [1.807, 2.05) is 0 Å². The summed E-state index contributed by atoms with van der Waals surface area (Å²) >= 11 is 0. The maximum Gasteiger partial charge on any atom is 0.0719 e. The van der Waals surface area contributed by atoms with Gasteiger partial charge in [0, 0.05) is 0 Å². The van der Waals surface area contributed by atoms with Gasteiger partial charge in [0.05, 0.1) is 5.41 Å². The maximum atomic E-state index is 2.50. The van der Waals surface area contributed by atoms with Crippen molar-refractivity contribution in [3.05, 3.63) is 229 Å². The van der Waals surface area contributed by atoms with Gasteiger partial charge >= 0.3 is 0 Å². The lowest BCUT2D eigenvalue weighted by Crippen LogP contribution is -2.28. The lowest BCUT2D eigenvalue weighted by atomic mass is 9.66. The standard InChI is InChI=1S/C55H34/c1-3-17-41(18-4-1)55(42-19-5-2-6-20-42)50-24-10-9-22-47(50)53-49(45-23-12-14-35-13-7-8-21-43(35)45)34-40-28-27-39(33-48(40)54(53)55)44-31-29-38-26-25-36-15-11-16-37-30-32-46(44)52(38)51(36)37/h1-34H. The van der Waals surface area contributed by atoms with E-state index >= 15 is 0 Å². The first-order valence-corrected chi connectivity index (χ1v) is 19.3. The fourth-order valence-electron chi connectivity index (χ4n) is 10.2. The molecule has 0 N–H and O–H groups in total. The number of benzene rings is 11. The summed E-state index contributed by atoms with van der Waals surface area (Å²) in [7, 11) is 0. The molecule has 0 saturated heterocycles. The van der Waals surface area contributed by atoms with E-state index in [9.17, 15) is 0 Å². The summed E-state index contributed by atoms with van der Waals surface area (Å²) in [5, 5.41) is 12.9. The predicted octanol–water partition coefficient (Wildman–Crippen LogP) is 14.6. The molecule has 0 atom stereocenters. The first kappa shape index (κ1) is 30.4. The summed E-state index contributed by atoms with van der Waals surface area (Å²) in [4.78, 5) is 0. The zero-order valence-corrected chi connectivity index (χ0v) is 30.1. The van der Waals surface area contributed by atoms with Gasteiger partial charge in [-0.2, -0.15) is 0 Å². The summed E-state index contributed by atoms with van der Waals surface area (Å²) in [5.74, 6) is 0. The molecule has 0 bridgehead atoms. The summed E-state index contributed by atoms with van der Waals surface area (Å²) in [5.41, 5.74) is 12.3. The fraction of sp³-hybridized carbons (Fsp3) is 0.0182. The third-order valence-electron chi connectivity index (χ3n) is 12.5. The predicted molar refractivity (Wildman–Crippen MR) is 233 cm³/mol. The Kier molecular flexibility index (Phi) is 6.36. The Bertz CT molecular complexity index is 3240. The summed E-state index contributed by atoms with van der Waals surface area (Å²) in [6.07, 6.45) is 0. The van der Waals surface area contributed by atoms with Crippen LogP contribution in [0.2, 0.25) is 0 Å². The van der Waals surface area contributed by atoms with E-state index in [0.717, 1.165) is 0 Å². The second-order valence-corrected chi connectivity index (χ2v) is 15.1. The third kappa shape index (κ3) is 4.17. The highest BCUT2D eigenvalue weighted by molar-refractivity contribution is 6.25. The Labute approximate surface area is 319 Å². The van der Waals surface area contributed by atoms with E-state index in [0.29, 0.717) is 0 Å². The fourth-order valence-corrected chi connectivity index (χ4v) is 10.2. The normalized spacial score (nSPS) is 13.2. The molecule has 11 aromatic carbocycles. The lowest BCUT2D eigenvalue weighted by molar-refractivity contribution is 0.775. The molecule has 0 aliphatic heterocycles. The zero-order valence-electron chi connectivity index (χ0n) is 30.1. The molecule has 0 spiro atoms. The molecule has 254 valence electrons. The van der Waals surface area contributed by atoms with Gasteiger partial charge in [-0.05, 0) is 122 Å². The molecule has 0 aromatic heterocycles. The van der Waals surface area contributed by atoms with Crippen molar-refractivity contribution in [3.8, 4) is 33.4 Å². The van der Waals surface area contributed by atoms with Gasteiger partial charge < -0.3 is 0 Å². The van der Waals surface area contributed by atoms with Crippen LogP contribution >= 0.6 is 0 Å². The van der Waals surface area contributed by atoms with Crippen LogP contribution < -0.4 is 0 Å². The molecular weight excluding hydrogens is 661 g/mol. The van der Waals surface area contributed by atoms with Crippen molar-refractivity contribution in [1.82, 2.24) is 0 Å². The van der Waals surface area contributed by atoms with Gasteiger partial charge in [-0.25, -0.2) is 0 Å². The van der Waals surface area contributed by atoms with Gasteiger partial charge in [-0.15, -0.1) is 0 Å². The summed E-state index contributed by atoms with van der Waals surface area (Å²) in [6, 6.07) is 77.3. The molecule has 1 aliphatic rings. The molecule has 0 heteroatoms. The van der Waals surface area contributed by atoms with Crippen molar-refractivity contribution in [3.63, 3.8) is 0 Å². The number of rotatable bonds is 4. The van der Waals surface area contributed by atoms with Crippen molar-refractivity contribution in [1.29, 1.82) is 0 Å². The molecule has 0 fully saturated rings. The second kappa shape index (κ2) is 11.5. The van der Waals surface area contributed by atoms with Gasteiger partial charge in [0.1, 0.15) is 0 Å². The SMILES string of the molecule is c1ccc(C2(c3ccccc3)c3ccccc3-c3c(-c4cccc5ccccc45)cc4ccc(-c5ccc6ccc7cccc8ccc5c6c78)cc4c32)cc1. The van der Waals surface area contributed by atoms with Crippen molar-refractivity contribution in [2.45, 2.75) is 5.41 Å². The Balaban J connectivity index is 1.25. The minimum absolute atomic E-state index is 0.547. The second-order valence-electron chi connectivity index (χ2n) is 15.1. The van der Waals surface area contributed by atoms with Crippen molar-refractivity contribution < 1.29 is 0 Å².